The fraction of sp³-hybridized carbons (Fsp3) is 0.0800. The number of hydrogen-bond donors (Lipinski definition) is 0. The first-order chi connectivity index (χ1) is 14.2. The fourth-order valence-corrected chi connectivity index (χ4v) is 3.17. The normalized spacial score (nSPS) is 10.5. The molecule has 0 fully saturated rings. The molecule has 0 aliphatic heterocycles. The van der Waals surface area contributed by atoms with E-state index in [1.807, 2.05) is 42.6 Å². The van der Waals surface area contributed by atoms with Gasteiger partial charge < -0.3 is 4.74 Å². The minimum Gasteiger partial charge on any atom is -0.497 e. The summed E-state index contributed by atoms with van der Waals surface area (Å²) in [6.45, 7) is 0.230. The van der Waals surface area contributed by atoms with Crippen LogP contribution in [0.1, 0.15) is 10.4 Å². The predicted molar refractivity (Wildman–Crippen MR) is 113 cm³/mol. The lowest BCUT2D eigenvalue weighted by Gasteiger charge is -2.04. The number of rotatable bonds is 6. The molecule has 4 nitrogen and oxygen atoms in total. The molecule has 4 heteroatoms. The van der Waals surface area contributed by atoms with Gasteiger partial charge in [0.15, 0.2) is 12.2 Å². The molecule has 0 aliphatic carbocycles. The van der Waals surface area contributed by atoms with Crippen LogP contribution in [0.4, 0.5) is 0 Å². The molecule has 0 spiro atoms. The van der Waals surface area contributed by atoms with Gasteiger partial charge in [-0.05, 0) is 40.4 Å². The van der Waals surface area contributed by atoms with E-state index < -0.39 is 0 Å². The molecule has 1 aromatic heterocycles. The highest BCUT2D eigenvalue weighted by Crippen LogP contribution is 2.23. The Hall–Kier alpha value is -3.79. The molecule has 4 rings (SSSR count). The summed E-state index contributed by atoms with van der Waals surface area (Å²) in [5, 5.41) is 0. The Kier molecular flexibility index (Phi) is 5.43. The van der Waals surface area contributed by atoms with E-state index in [4.69, 9.17) is 4.74 Å². The highest BCUT2D eigenvalue weighted by Gasteiger charge is 2.12. The van der Waals surface area contributed by atoms with Crippen LogP contribution in [0, 0.1) is 0 Å². The molecule has 0 amide bonds. The van der Waals surface area contributed by atoms with E-state index in [1.54, 1.807) is 30.1 Å². The number of benzene rings is 3. The van der Waals surface area contributed by atoms with Crippen LogP contribution in [0.5, 0.6) is 5.75 Å². The summed E-state index contributed by atoms with van der Waals surface area (Å²) in [4.78, 5) is 17.0. The van der Waals surface area contributed by atoms with Gasteiger partial charge in [0.05, 0.1) is 13.3 Å². The van der Waals surface area contributed by atoms with E-state index >= 15 is 0 Å². The van der Waals surface area contributed by atoms with Crippen LogP contribution >= 0.6 is 0 Å². The average Bonchev–Trinajstić information content (AvgIpc) is 2.80. The number of nitrogens with zero attached hydrogens (tertiary/aromatic N) is 2. The van der Waals surface area contributed by atoms with Crippen molar-refractivity contribution in [3.63, 3.8) is 0 Å². The maximum atomic E-state index is 12.5. The molecular weight excluding hydrogens is 360 g/mol. The molecule has 0 saturated heterocycles. The maximum absolute atomic E-state index is 12.5. The number of aromatic nitrogens is 2. The molecule has 1 heterocycles. The Balaban J connectivity index is 1.47. The van der Waals surface area contributed by atoms with Crippen molar-refractivity contribution in [3.05, 3.63) is 103 Å². The van der Waals surface area contributed by atoms with Crippen molar-refractivity contribution in [2.45, 2.75) is 6.54 Å². The van der Waals surface area contributed by atoms with Gasteiger partial charge in [0.1, 0.15) is 5.75 Å². The van der Waals surface area contributed by atoms with Crippen molar-refractivity contribution in [2.75, 3.05) is 7.11 Å². The molecule has 0 atom stereocenters. The van der Waals surface area contributed by atoms with Crippen LogP contribution < -0.4 is 9.30 Å². The van der Waals surface area contributed by atoms with E-state index in [0.717, 1.165) is 11.3 Å². The molecule has 0 bridgehead atoms. The summed E-state index contributed by atoms with van der Waals surface area (Å²) in [7, 11) is 1.59. The predicted octanol–water partition coefficient (Wildman–Crippen LogP) is 4.59. The van der Waals surface area contributed by atoms with Gasteiger partial charge in [-0.25, -0.2) is 4.57 Å². The molecule has 3 aromatic carbocycles. The van der Waals surface area contributed by atoms with Gasteiger partial charge in [-0.2, -0.15) is 0 Å². The SMILES string of the molecule is COc1cccc(C(=O)C[n+]2ccc(-c3ccc(-c4ccccc4)cc3)nc2)c1. The van der Waals surface area contributed by atoms with Crippen molar-refractivity contribution in [1.82, 2.24) is 4.98 Å². The third-order valence-corrected chi connectivity index (χ3v) is 4.77. The number of carbonyl (C=O) groups is 1. The zero-order valence-corrected chi connectivity index (χ0v) is 16.2. The Labute approximate surface area is 170 Å². The first kappa shape index (κ1) is 18.6. The third-order valence-electron chi connectivity index (χ3n) is 4.77. The summed E-state index contributed by atoms with van der Waals surface area (Å²) in [6.07, 6.45) is 3.57. The number of carbonyl (C=O) groups excluding carboxylic acids is 1. The van der Waals surface area contributed by atoms with Gasteiger partial charge in [0.2, 0.25) is 5.78 Å². The number of ether oxygens (including phenoxy) is 1. The summed E-state index contributed by atoms with van der Waals surface area (Å²) in [5.74, 6) is 0.684. The van der Waals surface area contributed by atoms with Gasteiger partial charge in [0.25, 0.3) is 6.33 Å². The first-order valence-electron chi connectivity index (χ1n) is 9.41. The lowest BCUT2D eigenvalue weighted by molar-refractivity contribution is -0.686. The number of Topliss-reactive ketones (excluding diaryl/α,β-unsaturated/α-hetero) is 1. The van der Waals surface area contributed by atoms with E-state index in [1.165, 1.54) is 11.1 Å². The first-order valence-corrected chi connectivity index (χ1v) is 9.41. The Morgan fingerprint density at radius 1 is 0.862 bits per heavy atom. The van der Waals surface area contributed by atoms with Crippen molar-refractivity contribution in [2.24, 2.45) is 0 Å². The lowest BCUT2D eigenvalue weighted by atomic mass is 10.0. The minimum absolute atomic E-state index is 0.00987. The lowest BCUT2D eigenvalue weighted by Crippen LogP contribution is -2.37. The molecule has 0 saturated carbocycles. The van der Waals surface area contributed by atoms with Gasteiger partial charge in [-0.15, -0.1) is 0 Å². The van der Waals surface area contributed by atoms with Crippen molar-refractivity contribution < 1.29 is 14.1 Å². The largest absolute Gasteiger partial charge is 0.497 e. The Morgan fingerprint density at radius 2 is 1.59 bits per heavy atom. The van der Waals surface area contributed by atoms with Crippen molar-refractivity contribution >= 4 is 5.78 Å². The second kappa shape index (κ2) is 8.48. The van der Waals surface area contributed by atoms with Crippen LogP contribution in [0.2, 0.25) is 0 Å². The number of ketones is 1. The highest BCUT2D eigenvalue weighted by molar-refractivity contribution is 5.95. The molecule has 0 aliphatic rings. The molecule has 0 radical (unpaired) electrons. The second-order valence-electron chi connectivity index (χ2n) is 6.72. The van der Waals surface area contributed by atoms with Crippen molar-refractivity contribution in [3.8, 4) is 28.1 Å². The van der Waals surface area contributed by atoms with Crippen LogP contribution in [0.3, 0.4) is 0 Å². The van der Waals surface area contributed by atoms with E-state index in [9.17, 15) is 4.79 Å². The fourth-order valence-electron chi connectivity index (χ4n) is 3.17. The number of methoxy groups -OCH3 is 1. The van der Waals surface area contributed by atoms with E-state index in [0.29, 0.717) is 11.3 Å². The summed E-state index contributed by atoms with van der Waals surface area (Å²) >= 11 is 0. The Bertz CT molecular complexity index is 1110. The molecule has 4 aromatic rings. The monoisotopic (exact) mass is 381 g/mol. The zero-order chi connectivity index (χ0) is 20.1. The Morgan fingerprint density at radius 3 is 2.28 bits per heavy atom. The van der Waals surface area contributed by atoms with E-state index in [2.05, 4.69) is 41.4 Å². The van der Waals surface area contributed by atoms with Gasteiger partial charge >= 0.3 is 0 Å². The maximum Gasteiger partial charge on any atom is 0.287 e. The third kappa shape index (κ3) is 4.38. The van der Waals surface area contributed by atoms with Crippen LogP contribution in [-0.4, -0.2) is 17.9 Å². The number of hydrogen-bond acceptors (Lipinski definition) is 3. The van der Waals surface area contributed by atoms with E-state index in [-0.39, 0.29) is 12.3 Å². The molecule has 0 unspecified atom stereocenters. The van der Waals surface area contributed by atoms with Crippen molar-refractivity contribution in [1.29, 1.82) is 0 Å². The summed E-state index contributed by atoms with van der Waals surface area (Å²) < 4.78 is 6.97. The molecular formula is C25H21N2O2+. The summed E-state index contributed by atoms with van der Waals surface area (Å²) in [6, 6.07) is 27.7. The summed E-state index contributed by atoms with van der Waals surface area (Å²) in [5.41, 5.74) is 4.89. The second-order valence-corrected chi connectivity index (χ2v) is 6.72. The van der Waals surface area contributed by atoms with Gasteiger partial charge in [0, 0.05) is 17.2 Å². The molecule has 0 N–H and O–H groups in total. The van der Waals surface area contributed by atoms with Crippen LogP contribution in [-0.2, 0) is 6.54 Å². The van der Waals surface area contributed by atoms with Gasteiger partial charge in [-0.1, -0.05) is 54.6 Å². The minimum atomic E-state index is 0.00987. The standard InChI is InChI=1S/C25H21N2O2/c1-29-23-9-5-8-22(16-23)25(28)17-27-15-14-24(26-18-27)21-12-10-20(11-13-21)19-6-3-2-4-7-19/h2-16,18H,17H2,1H3/q+1. The molecule has 142 valence electrons. The smallest absolute Gasteiger partial charge is 0.287 e. The topological polar surface area (TPSA) is 43.1 Å². The zero-order valence-electron chi connectivity index (χ0n) is 16.2. The van der Waals surface area contributed by atoms with Crippen LogP contribution in [0.25, 0.3) is 22.4 Å². The van der Waals surface area contributed by atoms with Crippen LogP contribution in [0.15, 0.2) is 97.5 Å². The highest BCUT2D eigenvalue weighted by atomic mass is 16.5. The average molecular weight is 381 g/mol. The van der Waals surface area contributed by atoms with Gasteiger partial charge in [-0.3, -0.25) is 4.79 Å². The molecule has 29 heavy (non-hydrogen) atoms. The quantitative estimate of drug-likeness (QED) is 0.362.